The van der Waals surface area contributed by atoms with Crippen LogP contribution in [0.15, 0.2) is 65.6 Å². The molecule has 2 unspecified atom stereocenters. The maximum atomic E-state index is 13.7. The number of anilines is 2. The van der Waals surface area contributed by atoms with Gasteiger partial charge in [0.1, 0.15) is 0 Å². The smallest absolute Gasteiger partial charge is 0.308 e. The fourth-order valence-corrected chi connectivity index (χ4v) is 6.69. The maximum Gasteiger partial charge on any atom is 0.308 e. The summed E-state index contributed by atoms with van der Waals surface area (Å²) in [6, 6.07) is 15.0. The lowest BCUT2D eigenvalue weighted by Crippen LogP contribution is -2.41. The Kier molecular flexibility index (Phi) is 9.61. The van der Waals surface area contributed by atoms with Crippen LogP contribution in [0.25, 0.3) is 0 Å². The van der Waals surface area contributed by atoms with Gasteiger partial charge in [0.25, 0.3) is 5.91 Å². The van der Waals surface area contributed by atoms with E-state index in [1.807, 2.05) is 12.1 Å². The van der Waals surface area contributed by atoms with Crippen molar-refractivity contribution >= 4 is 74.0 Å². The highest BCUT2D eigenvalue weighted by Gasteiger charge is 2.38. The summed E-state index contributed by atoms with van der Waals surface area (Å²) in [6.45, 7) is 2.88. The molecule has 0 fully saturated rings. The molecule has 0 bridgehead atoms. The van der Waals surface area contributed by atoms with Crippen molar-refractivity contribution in [3.05, 3.63) is 86.9 Å². The molecule has 9 nitrogen and oxygen atoms in total. The molecule has 2 atom stereocenters. The standard InChI is InChI=1S/C28H26Cl3N3O6S/c1-16(28(37)33-25-14-23(30)22(29)13-24(25)31)40-27(36)15-26-21-6-4-3-5-18(21)11-12-34(26)41(38,39)20-9-7-19(8-10-20)32-17(2)35/h3-10,13-14,16,26H,11-12,15H2,1-2H3,(H,32,35)(H,33,37). The molecule has 3 aromatic carbocycles. The minimum Gasteiger partial charge on any atom is -0.452 e. The monoisotopic (exact) mass is 637 g/mol. The van der Waals surface area contributed by atoms with E-state index in [4.69, 9.17) is 39.5 Å². The van der Waals surface area contributed by atoms with E-state index in [1.54, 1.807) is 12.1 Å². The molecule has 4 rings (SSSR count). The molecule has 1 aliphatic heterocycles. The van der Waals surface area contributed by atoms with E-state index in [-0.39, 0.29) is 44.5 Å². The van der Waals surface area contributed by atoms with Crippen LogP contribution >= 0.6 is 34.8 Å². The van der Waals surface area contributed by atoms with Gasteiger partial charge in [-0.25, -0.2) is 8.42 Å². The first-order chi connectivity index (χ1) is 19.4. The third-order valence-electron chi connectivity index (χ3n) is 6.45. The molecule has 0 aliphatic carbocycles. The molecule has 0 saturated heterocycles. The van der Waals surface area contributed by atoms with Crippen LogP contribution in [0.5, 0.6) is 0 Å². The van der Waals surface area contributed by atoms with Gasteiger partial charge in [0.15, 0.2) is 6.10 Å². The average Bonchev–Trinajstić information content (AvgIpc) is 2.91. The highest BCUT2D eigenvalue weighted by atomic mass is 35.5. The summed E-state index contributed by atoms with van der Waals surface area (Å²) < 4.78 is 34.1. The van der Waals surface area contributed by atoms with Gasteiger partial charge >= 0.3 is 5.97 Å². The van der Waals surface area contributed by atoms with Gasteiger partial charge in [0, 0.05) is 19.2 Å². The second-order valence-corrected chi connectivity index (χ2v) is 12.5. The summed E-state index contributed by atoms with van der Waals surface area (Å²) in [5, 5.41) is 5.69. The fraction of sp³-hybridized carbons (Fsp3) is 0.250. The number of sulfonamides is 1. The van der Waals surface area contributed by atoms with E-state index in [1.165, 1.54) is 54.6 Å². The van der Waals surface area contributed by atoms with Crippen LogP contribution in [-0.2, 0) is 35.6 Å². The number of nitrogens with one attached hydrogen (secondary N) is 2. The van der Waals surface area contributed by atoms with Gasteiger partial charge in [0.2, 0.25) is 15.9 Å². The van der Waals surface area contributed by atoms with Crippen LogP contribution in [0.3, 0.4) is 0 Å². The van der Waals surface area contributed by atoms with Gasteiger partial charge in [-0.2, -0.15) is 4.31 Å². The van der Waals surface area contributed by atoms with E-state index >= 15 is 0 Å². The number of nitrogens with zero attached hydrogens (tertiary/aromatic N) is 1. The minimum absolute atomic E-state index is 0.00982. The van der Waals surface area contributed by atoms with Crippen LogP contribution in [0.1, 0.15) is 37.4 Å². The van der Waals surface area contributed by atoms with E-state index in [0.29, 0.717) is 17.7 Å². The molecule has 13 heteroatoms. The number of halogens is 3. The Morgan fingerprint density at radius 1 is 0.976 bits per heavy atom. The maximum absolute atomic E-state index is 13.7. The molecule has 1 heterocycles. The largest absolute Gasteiger partial charge is 0.452 e. The molecule has 2 N–H and O–H groups in total. The van der Waals surface area contributed by atoms with Crippen molar-refractivity contribution in [3.8, 4) is 0 Å². The third kappa shape index (κ3) is 7.20. The third-order valence-corrected chi connectivity index (χ3v) is 9.41. The number of amides is 2. The lowest BCUT2D eigenvalue weighted by Gasteiger charge is -2.36. The number of fused-ring (bicyclic) bond motifs is 1. The number of carbonyl (C=O) groups excluding carboxylic acids is 3. The SMILES string of the molecule is CC(=O)Nc1ccc(S(=O)(=O)N2CCc3ccccc3C2CC(=O)OC(C)C(=O)Nc2cc(Cl)c(Cl)cc2Cl)cc1. The summed E-state index contributed by atoms with van der Waals surface area (Å²) in [4.78, 5) is 37.2. The second-order valence-electron chi connectivity index (χ2n) is 9.36. The molecule has 41 heavy (non-hydrogen) atoms. The summed E-state index contributed by atoms with van der Waals surface area (Å²) >= 11 is 18.1. The Balaban J connectivity index is 1.53. The zero-order chi connectivity index (χ0) is 29.9. The Morgan fingerprint density at radius 2 is 1.63 bits per heavy atom. The fourth-order valence-electron chi connectivity index (χ4n) is 4.49. The van der Waals surface area contributed by atoms with E-state index in [9.17, 15) is 22.8 Å². The average molecular weight is 639 g/mol. The lowest BCUT2D eigenvalue weighted by atomic mass is 9.92. The number of benzene rings is 3. The van der Waals surface area contributed by atoms with Crippen molar-refractivity contribution in [1.82, 2.24) is 4.31 Å². The van der Waals surface area contributed by atoms with Gasteiger partial charge in [-0.05, 0) is 60.9 Å². The van der Waals surface area contributed by atoms with Gasteiger partial charge in [-0.15, -0.1) is 0 Å². The number of ether oxygens (including phenoxy) is 1. The van der Waals surface area contributed by atoms with E-state index in [0.717, 1.165) is 5.56 Å². The number of carbonyl (C=O) groups is 3. The van der Waals surface area contributed by atoms with Crippen molar-refractivity contribution in [2.45, 2.75) is 43.7 Å². The molecule has 3 aromatic rings. The van der Waals surface area contributed by atoms with Crippen molar-refractivity contribution in [2.75, 3.05) is 17.2 Å². The lowest BCUT2D eigenvalue weighted by molar-refractivity contribution is -0.154. The molecule has 216 valence electrons. The predicted molar refractivity (Wildman–Crippen MR) is 158 cm³/mol. The summed E-state index contributed by atoms with van der Waals surface area (Å²) in [7, 11) is -4.05. The van der Waals surface area contributed by atoms with Crippen LogP contribution in [0.2, 0.25) is 15.1 Å². The molecule has 1 aliphatic rings. The number of esters is 1. The highest BCUT2D eigenvalue weighted by Crippen LogP contribution is 2.37. The van der Waals surface area contributed by atoms with Crippen molar-refractivity contribution in [3.63, 3.8) is 0 Å². The van der Waals surface area contributed by atoms with Crippen molar-refractivity contribution in [1.29, 1.82) is 0 Å². The normalized spacial score (nSPS) is 15.9. The first-order valence-corrected chi connectivity index (χ1v) is 15.1. The molecular formula is C28H26Cl3N3O6S. The molecule has 2 amide bonds. The van der Waals surface area contributed by atoms with Crippen LogP contribution in [0, 0.1) is 0 Å². The number of hydrogen-bond donors (Lipinski definition) is 2. The zero-order valence-corrected chi connectivity index (χ0v) is 25.1. The van der Waals surface area contributed by atoms with E-state index in [2.05, 4.69) is 10.6 Å². The van der Waals surface area contributed by atoms with Gasteiger partial charge in [0.05, 0.1) is 38.1 Å². The van der Waals surface area contributed by atoms with Crippen molar-refractivity contribution < 1.29 is 27.5 Å². The summed E-state index contributed by atoms with van der Waals surface area (Å²) in [5.41, 5.74) is 2.23. The Labute approximate surface area is 252 Å². The number of hydrogen-bond acceptors (Lipinski definition) is 6. The van der Waals surface area contributed by atoms with Crippen LogP contribution < -0.4 is 10.6 Å². The summed E-state index contributed by atoms with van der Waals surface area (Å²) in [6.07, 6.45) is -1.10. The molecular weight excluding hydrogens is 613 g/mol. The highest BCUT2D eigenvalue weighted by molar-refractivity contribution is 7.89. The predicted octanol–water partition coefficient (Wildman–Crippen LogP) is 5.85. The van der Waals surface area contributed by atoms with Crippen LogP contribution in [-0.4, -0.2) is 43.2 Å². The van der Waals surface area contributed by atoms with E-state index < -0.39 is 34.0 Å². The second kappa shape index (κ2) is 12.8. The Hall–Kier alpha value is -3.15. The Bertz CT molecular complexity index is 1600. The van der Waals surface area contributed by atoms with Gasteiger partial charge < -0.3 is 15.4 Å². The molecule has 0 saturated carbocycles. The number of rotatable bonds is 8. The Morgan fingerprint density at radius 3 is 2.32 bits per heavy atom. The quantitative estimate of drug-likeness (QED) is 0.236. The van der Waals surface area contributed by atoms with Gasteiger partial charge in [-0.3, -0.25) is 14.4 Å². The van der Waals surface area contributed by atoms with Gasteiger partial charge in [-0.1, -0.05) is 59.1 Å². The van der Waals surface area contributed by atoms with Crippen LogP contribution in [0.4, 0.5) is 11.4 Å². The molecule has 0 spiro atoms. The minimum atomic E-state index is -4.05. The molecule has 0 aromatic heterocycles. The summed E-state index contributed by atoms with van der Waals surface area (Å²) in [5.74, 6) is -1.71. The first kappa shape index (κ1) is 30.8. The topological polar surface area (TPSA) is 122 Å². The molecule has 0 radical (unpaired) electrons. The zero-order valence-electron chi connectivity index (χ0n) is 22.0. The first-order valence-electron chi connectivity index (χ1n) is 12.5. The van der Waals surface area contributed by atoms with Crippen molar-refractivity contribution in [2.24, 2.45) is 0 Å².